The minimum absolute atomic E-state index is 0. The number of likely N-dealkylation sites (tertiary alicyclic amines) is 1. The fourth-order valence-corrected chi connectivity index (χ4v) is 6.08. The molecular weight excluding hydrogens is 389 g/mol. The quantitative estimate of drug-likeness (QED) is 0.734. The van der Waals surface area contributed by atoms with Crippen LogP contribution in [0.4, 0.5) is 10.5 Å². The van der Waals surface area contributed by atoms with Crippen molar-refractivity contribution in [1.82, 2.24) is 9.62 Å². The number of benzene rings is 1. The molecule has 1 unspecified atom stereocenters. The van der Waals surface area contributed by atoms with E-state index in [1.807, 2.05) is 11.9 Å². The van der Waals surface area contributed by atoms with Crippen molar-refractivity contribution in [2.24, 2.45) is 0 Å². The predicted octanol–water partition coefficient (Wildman–Crippen LogP) is 1.83. The van der Waals surface area contributed by atoms with Crippen molar-refractivity contribution in [2.75, 3.05) is 24.7 Å². The number of hydrogen-bond acceptors (Lipinski definition) is 4. The van der Waals surface area contributed by atoms with Crippen molar-refractivity contribution in [2.45, 2.75) is 57.4 Å². The Labute approximate surface area is 204 Å². The number of aryl methyl sites for hydroxylation is 2. The molecule has 1 aromatic rings. The molecule has 1 radical (unpaired) electrons. The average Bonchev–Trinajstić information content (AvgIpc) is 3.28. The van der Waals surface area contributed by atoms with Crippen molar-refractivity contribution in [1.29, 1.82) is 0 Å². The number of fused-ring (bicyclic) bond motifs is 2. The van der Waals surface area contributed by atoms with E-state index in [9.17, 15) is 13.2 Å². The molecule has 1 aliphatic heterocycles. The zero-order valence-corrected chi connectivity index (χ0v) is 20.2. The Morgan fingerprint density at radius 2 is 1.74 bits per heavy atom. The molecule has 1 aromatic carbocycles. The summed E-state index contributed by atoms with van der Waals surface area (Å²) in [5, 5.41) is 2.89. The van der Waals surface area contributed by atoms with Crippen molar-refractivity contribution >= 4 is 73.1 Å². The van der Waals surface area contributed by atoms with Crippen LogP contribution in [0.15, 0.2) is 6.07 Å². The van der Waals surface area contributed by atoms with Crippen LogP contribution in [0.3, 0.4) is 0 Å². The second kappa shape index (κ2) is 8.81. The number of nitrogens with one attached hydrogen (secondary N) is 2. The maximum atomic E-state index is 12.5. The minimum Gasteiger partial charge on any atom is -0.307 e. The smallest absolute Gasteiger partial charge is 0.307 e. The summed E-state index contributed by atoms with van der Waals surface area (Å²) in [7, 11) is -1.71. The van der Waals surface area contributed by atoms with Crippen LogP contribution in [0.5, 0.6) is 0 Å². The molecule has 143 valence electrons. The maximum absolute atomic E-state index is 12.5. The van der Waals surface area contributed by atoms with E-state index < -0.39 is 16.1 Å². The number of amides is 2. The van der Waals surface area contributed by atoms with Gasteiger partial charge in [-0.15, -0.1) is 0 Å². The van der Waals surface area contributed by atoms with Gasteiger partial charge >= 0.3 is 6.03 Å². The van der Waals surface area contributed by atoms with E-state index in [2.05, 4.69) is 16.1 Å². The Kier molecular flexibility index (Phi) is 7.09. The molecule has 0 aromatic heterocycles. The first-order valence-electron chi connectivity index (χ1n) is 9.61. The van der Waals surface area contributed by atoms with E-state index in [0.29, 0.717) is 0 Å². The van der Waals surface area contributed by atoms with E-state index in [0.717, 1.165) is 63.6 Å². The third-order valence-corrected chi connectivity index (χ3v) is 7.36. The zero-order chi connectivity index (χ0) is 18.3. The summed E-state index contributed by atoms with van der Waals surface area (Å²) in [5.41, 5.74) is 5.91. The molecule has 8 heteroatoms. The van der Waals surface area contributed by atoms with Gasteiger partial charge in [-0.1, -0.05) is 6.07 Å². The summed E-state index contributed by atoms with van der Waals surface area (Å²) < 4.78 is 27.0. The summed E-state index contributed by atoms with van der Waals surface area (Å²) >= 11 is 0. The molecule has 2 amide bonds. The Balaban J connectivity index is 0.00000210. The molecule has 1 heterocycles. The first kappa shape index (κ1) is 21.7. The van der Waals surface area contributed by atoms with E-state index >= 15 is 0 Å². The molecule has 1 fully saturated rings. The second-order valence-corrected chi connectivity index (χ2v) is 9.62. The van der Waals surface area contributed by atoms with Crippen molar-refractivity contribution in [3.8, 4) is 0 Å². The van der Waals surface area contributed by atoms with Crippen molar-refractivity contribution in [3.05, 3.63) is 28.3 Å². The van der Waals surface area contributed by atoms with E-state index in [-0.39, 0.29) is 63.2 Å². The number of anilines is 1. The average molecular weight is 417 g/mol. The number of urea groups is 1. The van der Waals surface area contributed by atoms with Gasteiger partial charge in [-0.25, -0.2) is 17.9 Å². The van der Waals surface area contributed by atoms with Gasteiger partial charge in [0, 0.05) is 63.1 Å². The molecule has 2 aliphatic carbocycles. The summed E-state index contributed by atoms with van der Waals surface area (Å²) in [6.07, 6.45) is 8.07. The molecule has 0 bridgehead atoms. The first-order valence-corrected chi connectivity index (χ1v) is 11.3. The van der Waals surface area contributed by atoms with E-state index in [4.69, 9.17) is 0 Å². The molecule has 1 atom stereocenters. The van der Waals surface area contributed by atoms with Crippen LogP contribution in [0.2, 0.25) is 0 Å². The third kappa shape index (κ3) is 4.79. The van der Waals surface area contributed by atoms with Crippen LogP contribution in [0.1, 0.15) is 47.9 Å². The van der Waals surface area contributed by atoms with E-state index in [1.165, 1.54) is 22.3 Å². The van der Waals surface area contributed by atoms with Crippen LogP contribution in [0, 0.1) is 0 Å². The van der Waals surface area contributed by atoms with Crippen molar-refractivity contribution in [3.63, 3.8) is 0 Å². The third-order valence-electron chi connectivity index (χ3n) is 6.04. The molecule has 1 saturated heterocycles. The Morgan fingerprint density at radius 1 is 1.11 bits per heavy atom. The number of rotatable bonds is 4. The van der Waals surface area contributed by atoms with Gasteiger partial charge in [0.1, 0.15) is 0 Å². The summed E-state index contributed by atoms with van der Waals surface area (Å²) in [5.74, 6) is -0.0259. The molecule has 2 N–H and O–H groups in total. The standard InChI is InChI=1S/C19H27N3O3S.K/c1-22-10-4-7-15(22)12-26(24,25)21-19(23)20-18-16-8-2-5-13(16)11-14-6-3-9-17(14)18;/h11,15H,2-10,12H2,1H3,(H2,20,21,23);. The van der Waals surface area contributed by atoms with Crippen LogP contribution in [-0.2, 0) is 35.7 Å². The summed E-state index contributed by atoms with van der Waals surface area (Å²) in [6, 6.07) is 1.66. The van der Waals surface area contributed by atoms with E-state index in [1.54, 1.807) is 0 Å². The number of hydrogen-bond donors (Lipinski definition) is 2. The summed E-state index contributed by atoms with van der Waals surface area (Å²) in [4.78, 5) is 14.5. The van der Waals surface area contributed by atoms with Crippen LogP contribution < -0.4 is 10.0 Å². The number of carbonyl (C=O) groups is 1. The van der Waals surface area contributed by atoms with Crippen LogP contribution in [-0.4, -0.2) is 96.1 Å². The van der Waals surface area contributed by atoms with Gasteiger partial charge in [-0.2, -0.15) is 0 Å². The van der Waals surface area contributed by atoms with Gasteiger partial charge in [0.2, 0.25) is 10.0 Å². The monoisotopic (exact) mass is 416 g/mol. The van der Waals surface area contributed by atoms with Gasteiger partial charge in [0.25, 0.3) is 0 Å². The largest absolute Gasteiger partial charge is 0.332 e. The number of carbonyl (C=O) groups excluding carboxylic acids is 1. The van der Waals surface area contributed by atoms with Gasteiger partial charge in [-0.3, -0.25) is 0 Å². The molecule has 0 spiro atoms. The molecular formula is C19H27KN3O3S. The molecule has 6 nitrogen and oxygen atoms in total. The van der Waals surface area contributed by atoms with Gasteiger partial charge in [-0.05, 0) is 87.2 Å². The van der Waals surface area contributed by atoms with Gasteiger partial charge in [0.15, 0.2) is 0 Å². The Bertz CT molecular complexity index is 809. The number of sulfonamides is 1. The predicted molar refractivity (Wildman–Crippen MR) is 108 cm³/mol. The van der Waals surface area contributed by atoms with Crippen molar-refractivity contribution < 1.29 is 13.2 Å². The Morgan fingerprint density at radius 3 is 2.30 bits per heavy atom. The minimum atomic E-state index is -3.65. The van der Waals surface area contributed by atoms with Crippen LogP contribution >= 0.6 is 0 Å². The molecule has 4 rings (SSSR count). The van der Waals surface area contributed by atoms with Crippen LogP contribution in [0.25, 0.3) is 0 Å². The second-order valence-electron chi connectivity index (χ2n) is 7.85. The molecule has 3 aliphatic rings. The normalized spacial score (nSPS) is 21.4. The first-order chi connectivity index (χ1) is 12.4. The molecule has 27 heavy (non-hydrogen) atoms. The van der Waals surface area contributed by atoms with Gasteiger partial charge < -0.3 is 10.2 Å². The maximum Gasteiger partial charge on any atom is 0.332 e. The zero-order valence-electron chi connectivity index (χ0n) is 16.3. The summed E-state index contributed by atoms with van der Waals surface area (Å²) in [6.45, 7) is 0.911. The molecule has 0 saturated carbocycles. The number of nitrogens with zero attached hydrogens (tertiary/aromatic N) is 1. The Hall–Kier alpha value is 0.0364. The fraction of sp³-hybridized carbons (Fsp3) is 0.632. The SMILES string of the molecule is CN1CCCC1CS(=O)(=O)NC(=O)Nc1c2c(cc3c1CCC3)CCC2.[K]. The van der Waals surface area contributed by atoms with Gasteiger partial charge in [0.05, 0.1) is 5.75 Å². The fourth-order valence-electron chi connectivity index (χ4n) is 4.73. The topological polar surface area (TPSA) is 78.5 Å².